The molecule has 0 saturated carbocycles. The summed E-state index contributed by atoms with van der Waals surface area (Å²) in [5, 5.41) is 0. The second-order valence-electron chi connectivity index (χ2n) is 8.51. The Hall–Kier alpha value is -2.62. The van der Waals surface area contributed by atoms with Gasteiger partial charge in [0.05, 0.1) is 22.4 Å². The van der Waals surface area contributed by atoms with Crippen LogP contribution in [0, 0.1) is 0 Å². The lowest BCUT2D eigenvalue weighted by Gasteiger charge is -2.38. The minimum Gasteiger partial charge on any atom is -0.423 e. The summed E-state index contributed by atoms with van der Waals surface area (Å²) in [6, 6.07) is 10.5. The molecule has 0 spiro atoms. The van der Waals surface area contributed by atoms with Crippen LogP contribution in [0.25, 0.3) is 0 Å². The summed E-state index contributed by atoms with van der Waals surface area (Å²) < 4.78 is 11.3. The molecule has 3 heterocycles. The van der Waals surface area contributed by atoms with Crippen molar-refractivity contribution in [2.45, 2.75) is 32.5 Å². The van der Waals surface area contributed by atoms with E-state index in [0.717, 1.165) is 5.69 Å². The van der Waals surface area contributed by atoms with E-state index in [9.17, 15) is 14.4 Å². The predicted molar refractivity (Wildman–Crippen MR) is 122 cm³/mol. The first-order valence-electron chi connectivity index (χ1n) is 10.2. The number of carbonyl (C=O) groups excluding carboxylic acids is 3. The summed E-state index contributed by atoms with van der Waals surface area (Å²) in [6.45, 7) is 6.91. The van der Waals surface area contributed by atoms with Gasteiger partial charge in [-0.15, -0.1) is 11.3 Å². The Morgan fingerprint density at radius 1 is 1.09 bits per heavy atom. The number of thiophene rings is 1. The number of halogens is 1. The Labute approximate surface area is 195 Å². The Morgan fingerprint density at radius 3 is 2.31 bits per heavy atom. The van der Waals surface area contributed by atoms with Crippen molar-refractivity contribution in [3.8, 4) is 0 Å². The van der Waals surface area contributed by atoms with E-state index in [4.69, 9.17) is 21.1 Å². The number of benzene rings is 1. The third kappa shape index (κ3) is 4.46. The highest BCUT2D eigenvalue weighted by atomic mass is 35.5. The summed E-state index contributed by atoms with van der Waals surface area (Å²) in [6.07, 6.45) is -1.28. The van der Waals surface area contributed by atoms with Gasteiger partial charge in [-0.25, -0.2) is 4.79 Å². The normalized spacial score (nSPS) is 19.3. The van der Waals surface area contributed by atoms with Crippen LogP contribution in [-0.2, 0) is 14.3 Å². The molecule has 0 N–H and O–H groups in total. The summed E-state index contributed by atoms with van der Waals surface area (Å²) >= 11 is 7.20. The standard InChI is InChI=1S/C22H24ClN3O5S/c1-22(2,3)26(20(28)16-8-9-17(23)32-16)19-12-25(21(29)31-19)15-6-4-14(5-7-15)24-10-11-30-13-18(24)27/h4-9,19H,10-13H2,1-3H3/t19-/m1/s1. The number of cyclic esters (lactones) is 1. The zero-order valence-corrected chi connectivity index (χ0v) is 19.6. The van der Waals surface area contributed by atoms with E-state index >= 15 is 0 Å². The molecule has 1 atom stereocenters. The molecule has 0 aliphatic carbocycles. The molecular formula is C22H24ClN3O5S. The van der Waals surface area contributed by atoms with Gasteiger partial charge in [-0.1, -0.05) is 11.6 Å². The van der Waals surface area contributed by atoms with Gasteiger partial charge < -0.3 is 14.4 Å². The molecule has 0 bridgehead atoms. The average Bonchev–Trinajstić information content (AvgIpc) is 3.33. The highest BCUT2D eigenvalue weighted by molar-refractivity contribution is 7.18. The topological polar surface area (TPSA) is 79.4 Å². The van der Waals surface area contributed by atoms with Crippen LogP contribution in [0.4, 0.5) is 16.2 Å². The van der Waals surface area contributed by atoms with Crippen LogP contribution in [0.15, 0.2) is 36.4 Å². The molecule has 170 valence electrons. The summed E-state index contributed by atoms with van der Waals surface area (Å²) in [7, 11) is 0. The van der Waals surface area contributed by atoms with Gasteiger partial charge in [0.25, 0.3) is 11.8 Å². The SMILES string of the molecule is CC(C)(C)N(C(=O)c1ccc(Cl)s1)[C@H]1CN(c2ccc(N3CCOCC3=O)cc2)C(=O)O1. The Balaban J connectivity index is 1.53. The van der Waals surface area contributed by atoms with Crippen LogP contribution in [-0.4, -0.2) is 60.9 Å². The van der Waals surface area contributed by atoms with Crippen LogP contribution >= 0.6 is 22.9 Å². The number of hydrogen-bond acceptors (Lipinski definition) is 6. The number of hydrogen-bond donors (Lipinski definition) is 0. The number of nitrogens with zero attached hydrogens (tertiary/aromatic N) is 3. The smallest absolute Gasteiger partial charge is 0.416 e. The molecule has 1 aromatic heterocycles. The number of carbonyl (C=O) groups is 3. The van der Waals surface area contributed by atoms with E-state index in [2.05, 4.69) is 0 Å². The first kappa shape index (κ1) is 22.6. The van der Waals surface area contributed by atoms with Gasteiger partial charge in [0.15, 0.2) is 6.23 Å². The van der Waals surface area contributed by atoms with Crippen LogP contribution in [0.2, 0.25) is 4.34 Å². The average molecular weight is 478 g/mol. The van der Waals surface area contributed by atoms with Gasteiger partial charge in [-0.2, -0.15) is 0 Å². The lowest BCUT2D eigenvalue weighted by atomic mass is 10.0. The fraction of sp³-hybridized carbons (Fsp3) is 0.409. The lowest BCUT2D eigenvalue weighted by molar-refractivity contribution is -0.125. The van der Waals surface area contributed by atoms with Gasteiger partial charge >= 0.3 is 6.09 Å². The Kier molecular flexibility index (Phi) is 6.15. The number of ether oxygens (including phenoxy) is 2. The highest BCUT2D eigenvalue weighted by Crippen LogP contribution is 2.32. The van der Waals surface area contributed by atoms with Crippen molar-refractivity contribution < 1.29 is 23.9 Å². The van der Waals surface area contributed by atoms with Gasteiger partial charge in [0.2, 0.25) is 0 Å². The quantitative estimate of drug-likeness (QED) is 0.665. The second-order valence-corrected chi connectivity index (χ2v) is 10.2. The maximum Gasteiger partial charge on any atom is 0.416 e. The van der Waals surface area contributed by atoms with Crippen molar-refractivity contribution in [2.75, 3.05) is 36.1 Å². The molecule has 2 aromatic rings. The largest absolute Gasteiger partial charge is 0.423 e. The number of amides is 3. The molecule has 0 unspecified atom stereocenters. The van der Waals surface area contributed by atoms with E-state index in [1.54, 1.807) is 46.2 Å². The van der Waals surface area contributed by atoms with Gasteiger partial charge in [0, 0.05) is 23.5 Å². The van der Waals surface area contributed by atoms with Gasteiger partial charge in [-0.05, 0) is 57.2 Å². The predicted octanol–water partition coefficient (Wildman–Crippen LogP) is 3.99. The second kappa shape index (κ2) is 8.73. The Bertz CT molecular complexity index is 1030. The molecule has 1 aromatic carbocycles. The monoisotopic (exact) mass is 477 g/mol. The number of morpholine rings is 1. The molecule has 3 amide bonds. The van der Waals surface area contributed by atoms with E-state index < -0.39 is 17.9 Å². The number of anilines is 2. The fourth-order valence-corrected chi connectivity index (χ4v) is 4.79. The molecule has 2 saturated heterocycles. The van der Waals surface area contributed by atoms with E-state index in [1.165, 1.54) is 16.2 Å². The summed E-state index contributed by atoms with van der Waals surface area (Å²) in [5.74, 6) is -0.340. The maximum atomic E-state index is 13.2. The van der Waals surface area contributed by atoms with Crippen molar-refractivity contribution in [3.63, 3.8) is 0 Å². The van der Waals surface area contributed by atoms with E-state index in [1.807, 2.05) is 20.8 Å². The zero-order valence-electron chi connectivity index (χ0n) is 18.0. The minimum absolute atomic E-state index is 0.0635. The van der Waals surface area contributed by atoms with E-state index in [-0.39, 0.29) is 25.0 Å². The van der Waals surface area contributed by atoms with Crippen molar-refractivity contribution in [3.05, 3.63) is 45.6 Å². The Morgan fingerprint density at radius 2 is 1.75 bits per heavy atom. The number of rotatable bonds is 4. The van der Waals surface area contributed by atoms with Crippen LogP contribution in [0.1, 0.15) is 30.4 Å². The fourth-order valence-electron chi connectivity index (χ4n) is 3.81. The van der Waals surface area contributed by atoms with Crippen molar-refractivity contribution in [1.82, 2.24) is 4.90 Å². The van der Waals surface area contributed by atoms with Gasteiger partial charge in [-0.3, -0.25) is 19.4 Å². The molecule has 32 heavy (non-hydrogen) atoms. The first-order valence-corrected chi connectivity index (χ1v) is 11.4. The molecule has 8 nitrogen and oxygen atoms in total. The molecule has 2 fully saturated rings. The molecular weight excluding hydrogens is 454 g/mol. The highest BCUT2D eigenvalue weighted by Gasteiger charge is 2.43. The van der Waals surface area contributed by atoms with Gasteiger partial charge in [0.1, 0.15) is 6.61 Å². The van der Waals surface area contributed by atoms with Crippen LogP contribution < -0.4 is 9.80 Å². The van der Waals surface area contributed by atoms with Crippen LogP contribution in [0.3, 0.4) is 0 Å². The molecule has 10 heteroatoms. The summed E-state index contributed by atoms with van der Waals surface area (Å²) in [5.41, 5.74) is 0.782. The van der Waals surface area contributed by atoms with E-state index in [0.29, 0.717) is 28.1 Å². The van der Waals surface area contributed by atoms with Crippen molar-refractivity contribution >= 4 is 52.2 Å². The third-order valence-corrected chi connectivity index (χ3v) is 6.49. The molecule has 2 aliphatic rings. The zero-order chi connectivity index (χ0) is 23.0. The lowest BCUT2D eigenvalue weighted by Crippen LogP contribution is -2.53. The first-order chi connectivity index (χ1) is 15.1. The minimum atomic E-state index is -0.753. The van der Waals surface area contributed by atoms with Crippen molar-refractivity contribution in [1.29, 1.82) is 0 Å². The van der Waals surface area contributed by atoms with Crippen molar-refractivity contribution in [2.24, 2.45) is 0 Å². The third-order valence-electron chi connectivity index (χ3n) is 5.27. The maximum absolute atomic E-state index is 13.2. The van der Waals surface area contributed by atoms with Crippen LogP contribution in [0.5, 0.6) is 0 Å². The molecule has 4 rings (SSSR count). The molecule has 0 radical (unpaired) electrons. The summed E-state index contributed by atoms with van der Waals surface area (Å²) in [4.78, 5) is 43.2. The molecule has 2 aliphatic heterocycles.